The number of hydrogen-bond donors (Lipinski definition) is 2. The van der Waals surface area contributed by atoms with Crippen LogP contribution in [-0.2, 0) is 6.54 Å². The van der Waals surface area contributed by atoms with Crippen molar-refractivity contribution in [1.82, 2.24) is 10.2 Å². The number of halogens is 1. The first-order valence-electron chi connectivity index (χ1n) is 8.52. The summed E-state index contributed by atoms with van der Waals surface area (Å²) in [5, 5.41) is 5.59. The van der Waals surface area contributed by atoms with Crippen LogP contribution in [0, 0.1) is 5.82 Å². The lowest BCUT2D eigenvalue weighted by Crippen LogP contribution is -2.34. The van der Waals surface area contributed by atoms with Crippen molar-refractivity contribution in [1.29, 1.82) is 0 Å². The molecular weight excluding hydrogens is 335 g/mol. The molecule has 0 atom stereocenters. The van der Waals surface area contributed by atoms with Gasteiger partial charge in [-0.1, -0.05) is 18.2 Å². The van der Waals surface area contributed by atoms with Crippen molar-refractivity contribution in [2.45, 2.75) is 13.5 Å². The zero-order valence-corrected chi connectivity index (χ0v) is 14.5. The van der Waals surface area contributed by atoms with Crippen molar-refractivity contribution in [3.8, 4) is 0 Å². The molecule has 1 fully saturated rings. The monoisotopic (exact) mass is 356 g/mol. The molecule has 3 rings (SSSR count). The van der Waals surface area contributed by atoms with E-state index >= 15 is 0 Å². The van der Waals surface area contributed by atoms with Crippen molar-refractivity contribution in [3.63, 3.8) is 0 Å². The molecule has 0 unspecified atom stereocenters. The van der Waals surface area contributed by atoms with Gasteiger partial charge in [-0.25, -0.2) is 14.0 Å². The van der Waals surface area contributed by atoms with Crippen molar-refractivity contribution < 1.29 is 14.0 Å². The minimum Gasteiger partial charge on any atom is -0.336 e. The van der Waals surface area contributed by atoms with Gasteiger partial charge in [-0.05, 0) is 42.8 Å². The van der Waals surface area contributed by atoms with Crippen molar-refractivity contribution >= 4 is 23.4 Å². The first kappa shape index (κ1) is 17.7. The van der Waals surface area contributed by atoms with Crippen LogP contribution in [0.25, 0.3) is 0 Å². The maximum Gasteiger partial charge on any atom is 0.322 e. The smallest absolute Gasteiger partial charge is 0.322 e. The molecule has 1 aliphatic rings. The highest BCUT2D eigenvalue weighted by Crippen LogP contribution is 2.21. The van der Waals surface area contributed by atoms with Crippen LogP contribution in [0.3, 0.4) is 0 Å². The van der Waals surface area contributed by atoms with Crippen LogP contribution in [0.4, 0.5) is 25.4 Å². The molecule has 1 heterocycles. The first-order valence-corrected chi connectivity index (χ1v) is 8.52. The number of hydrogen-bond acceptors (Lipinski definition) is 2. The van der Waals surface area contributed by atoms with Gasteiger partial charge in [0.2, 0.25) is 0 Å². The molecule has 0 aromatic heterocycles. The molecular formula is C19H21FN4O2. The molecule has 0 saturated carbocycles. The summed E-state index contributed by atoms with van der Waals surface area (Å²) in [5.41, 5.74) is 2.06. The zero-order valence-electron chi connectivity index (χ0n) is 14.5. The van der Waals surface area contributed by atoms with Crippen LogP contribution >= 0.6 is 0 Å². The van der Waals surface area contributed by atoms with Gasteiger partial charge in [0.1, 0.15) is 5.82 Å². The van der Waals surface area contributed by atoms with Crippen molar-refractivity contribution in [3.05, 3.63) is 59.9 Å². The average Bonchev–Trinajstić information content (AvgIpc) is 3.06. The molecule has 7 heteroatoms. The Balaban J connectivity index is 1.69. The number of nitrogens with one attached hydrogen (secondary N) is 2. The fourth-order valence-electron chi connectivity index (χ4n) is 2.85. The van der Waals surface area contributed by atoms with Gasteiger partial charge in [-0.2, -0.15) is 0 Å². The summed E-state index contributed by atoms with van der Waals surface area (Å²) in [6.45, 7) is 3.86. The Bertz CT molecular complexity index is 812. The SMILES string of the molecule is CCN(Cc1cccc(F)c1)C(=O)Nc1cccc(N2CCNC2=O)c1. The second kappa shape index (κ2) is 7.86. The quantitative estimate of drug-likeness (QED) is 0.862. The average molecular weight is 356 g/mol. The Labute approximate surface area is 151 Å². The molecule has 26 heavy (non-hydrogen) atoms. The van der Waals surface area contributed by atoms with Crippen molar-refractivity contribution in [2.75, 3.05) is 29.9 Å². The van der Waals surface area contributed by atoms with E-state index in [4.69, 9.17) is 0 Å². The number of nitrogens with zero attached hydrogens (tertiary/aromatic N) is 2. The lowest BCUT2D eigenvalue weighted by molar-refractivity contribution is 0.212. The number of anilines is 2. The van der Waals surface area contributed by atoms with Gasteiger partial charge in [0.25, 0.3) is 0 Å². The standard InChI is InChI=1S/C19H21FN4O2/c1-2-23(13-14-5-3-6-15(20)11-14)19(26)22-16-7-4-8-17(12-16)24-10-9-21-18(24)25/h3-8,11-12H,2,9-10,13H2,1H3,(H,21,25)(H,22,26). The van der Waals surface area contributed by atoms with Gasteiger partial charge in [-0.3, -0.25) is 4.90 Å². The fourth-order valence-corrected chi connectivity index (χ4v) is 2.85. The molecule has 2 aromatic carbocycles. The highest BCUT2D eigenvalue weighted by atomic mass is 19.1. The van der Waals surface area contributed by atoms with E-state index in [2.05, 4.69) is 10.6 Å². The summed E-state index contributed by atoms with van der Waals surface area (Å²) in [5.74, 6) is -0.324. The molecule has 2 aromatic rings. The van der Waals surface area contributed by atoms with Gasteiger partial charge < -0.3 is 15.5 Å². The summed E-state index contributed by atoms with van der Waals surface area (Å²) in [7, 11) is 0. The summed E-state index contributed by atoms with van der Waals surface area (Å²) < 4.78 is 13.3. The molecule has 1 aliphatic heterocycles. The molecule has 0 bridgehead atoms. The summed E-state index contributed by atoms with van der Waals surface area (Å²) in [4.78, 5) is 27.6. The molecule has 6 nitrogen and oxygen atoms in total. The number of rotatable bonds is 5. The van der Waals surface area contributed by atoms with Gasteiger partial charge in [0.15, 0.2) is 0 Å². The topological polar surface area (TPSA) is 64.7 Å². The van der Waals surface area contributed by atoms with Crippen LogP contribution in [-0.4, -0.2) is 36.6 Å². The summed E-state index contributed by atoms with van der Waals surface area (Å²) in [6, 6.07) is 12.9. The van der Waals surface area contributed by atoms with Crippen LogP contribution in [0.1, 0.15) is 12.5 Å². The van der Waals surface area contributed by atoms with Crippen LogP contribution in [0.15, 0.2) is 48.5 Å². The second-order valence-electron chi connectivity index (χ2n) is 6.01. The molecule has 0 spiro atoms. The van der Waals surface area contributed by atoms with E-state index < -0.39 is 0 Å². The first-order chi connectivity index (χ1) is 12.6. The lowest BCUT2D eigenvalue weighted by Gasteiger charge is -2.22. The molecule has 4 amide bonds. The highest BCUT2D eigenvalue weighted by Gasteiger charge is 2.21. The van der Waals surface area contributed by atoms with E-state index in [1.54, 1.807) is 40.1 Å². The van der Waals surface area contributed by atoms with Crippen LogP contribution in [0.2, 0.25) is 0 Å². The Kier molecular flexibility index (Phi) is 5.36. The third-order valence-corrected chi connectivity index (χ3v) is 4.20. The van der Waals surface area contributed by atoms with E-state index in [0.717, 1.165) is 11.3 Å². The molecule has 1 saturated heterocycles. The number of benzene rings is 2. The maximum absolute atomic E-state index is 13.3. The Morgan fingerprint density at radius 2 is 2.08 bits per heavy atom. The largest absolute Gasteiger partial charge is 0.336 e. The third kappa shape index (κ3) is 4.11. The zero-order chi connectivity index (χ0) is 18.5. The maximum atomic E-state index is 13.3. The minimum absolute atomic E-state index is 0.144. The molecule has 0 radical (unpaired) electrons. The van der Waals surface area contributed by atoms with Crippen LogP contribution in [0.5, 0.6) is 0 Å². The summed E-state index contributed by atoms with van der Waals surface area (Å²) >= 11 is 0. The Morgan fingerprint density at radius 3 is 2.77 bits per heavy atom. The molecule has 136 valence electrons. The van der Waals surface area contributed by atoms with E-state index in [1.807, 2.05) is 13.0 Å². The van der Waals surface area contributed by atoms with Crippen LogP contribution < -0.4 is 15.5 Å². The van der Waals surface area contributed by atoms with E-state index in [1.165, 1.54) is 12.1 Å². The molecule has 0 aliphatic carbocycles. The minimum atomic E-state index is -0.324. The van der Waals surface area contributed by atoms with Crippen molar-refractivity contribution in [2.24, 2.45) is 0 Å². The van der Waals surface area contributed by atoms with Gasteiger partial charge in [0, 0.05) is 37.6 Å². The normalized spacial score (nSPS) is 13.5. The lowest BCUT2D eigenvalue weighted by atomic mass is 10.2. The van der Waals surface area contributed by atoms with Gasteiger partial charge >= 0.3 is 12.1 Å². The third-order valence-electron chi connectivity index (χ3n) is 4.20. The summed E-state index contributed by atoms with van der Waals surface area (Å²) in [6.07, 6.45) is 0. The molecule has 2 N–H and O–H groups in total. The van der Waals surface area contributed by atoms with E-state index in [0.29, 0.717) is 31.9 Å². The second-order valence-corrected chi connectivity index (χ2v) is 6.01. The van der Waals surface area contributed by atoms with E-state index in [-0.39, 0.29) is 17.9 Å². The van der Waals surface area contributed by atoms with Gasteiger partial charge in [0.05, 0.1) is 0 Å². The predicted octanol–water partition coefficient (Wildman–Crippen LogP) is 3.41. The van der Waals surface area contributed by atoms with Gasteiger partial charge in [-0.15, -0.1) is 0 Å². The van der Waals surface area contributed by atoms with E-state index in [9.17, 15) is 14.0 Å². The number of carbonyl (C=O) groups is 2. The predicted molar refractivity (Wildman–Crippen MR) is 98.7 cm³/mol. The Morgan fingerprint density at radius 1 is 1.27 bits per heavy atom. The number of amides is 4. The fraction of sp³-hybridized carbons (Fsp3) is 0.263. The highest BCUT2D eigenvalue weighted by molar-refractivity contribution is 5.95. The Hall–Kier alpha value is -3.09. The number of urea groups is 2. The number of carbonyl (C=O) groups excluding carboxylic acids is 2.